The van der Waals surface area contributed by atoms with E-state index in [1.54, 1.807) is 37.5 Å². The van der Waals surface area contributed by atoms with Crippen molar-refractivity contribution < 1.29 is 23.0 Å². The van der Waals surface area contributed by atoms with Crippen molar-refractivity contribution in [3.63, 3.8) is 0 Å². The van der Waals surface area contributed by atoms with Crippen molar-refractivity contribution in [3.05, 3.63) is 47.0 Å². The lowest BCUT2D eigenvalue weighted by atomic mass is 10.1. The molecule has 3 rings (SSSR count). The number of hydrogen-bond donors (Lipinski definition) is 0. The minimum Gasteiger partial charge on any atom is -0.497 e. The molecule has 7 heteroatoms. The zero-order chi connectivity index (χ0) is 17.8. The van der Waals surface area contributed by atoms with Gasteiger partial charge in [0.2, 0.25) is 0 Å². The average Bonchev–Trinajstić information content (AvgIpc) is 3.02. The van der Waals surface area contributed by atoms with Crippen LogP contribution in [0.25, 0.3) is 22.4 Å². The van der Waals surface area contributed by atoms with Crippen LogP contribution in [0.5, 0.6) is 17.2 Å². The van der Waals surface area contributed by atoms with Crippen molar-refractivity contribution in [2.45, 2.75) is 6.61 Å². The van der Waals surface area contributed by atoms with Gasteiger partial charge < -0.3 is 14.2 Å². The number of nitrogens with zero attached hydrogens (tertiary/aromatic N) is 1. The van der Waals surface area contributed by atoms with E-state index in [0.717, 1.165) is 21.0 Å². The van der Waals surface area contributed by atoms with E-state index in [1.807, 2.05) is 18.2 Å². The topological polar surface area (TPSA) is 40.6 Å². The van der Waals surface area contributed by atoms with E-state index in [2.05, 4.69) is 9.72 Å². The molecule has 3 aromatic rings. The maximum absolute atomic E-state index is 12.7. The predicted octanol–water partition coefficient (Wildman–Crippen LogP) is 5.09. The normalized spacial score (nSPS) is 11.4. The molecule has 1 aromatic heterocycles. The largest absolute Gasteiger partial charge is 0.497 e. The molecule has 25 heavy (non-hydrogen) atoms. The van der Waals surface area contributed by atoms with E-state index < -0.39 is 6.61 Å². The molecule has 130 valence electrons. The Morgan fingerprint density at radius 1 is 1.08 bits per heavy atom. The minimum absolute atomic E-state index is 0.000898. The number of alkyl halides is 2. The molecule has 0 bridgehead atoms. The highest BCUT2D eigenvalue weighted by molar-refractivity contribution is 7.19. The molecule has 0 aliphatic rings. The third-order valence-corrected chi connectivity index (χ3v) is 4.44. The van der Waals surface area contributed by atoms with Crippen molar-refractivity contribution in [1.29, 1.82) is 0 Å². The Morgan fingerprint density at radius 3 is 2.64 bits per heavy atom. The van der Waals surface area contributed by atoms with Gasteiger partial charge in [-0.25, -0.2) is 4.98 Å². The number of hydrogen-bond acceptors (Lipinski definition) is 5. The summed E-state index contributed by atoms with van der Waals surface area (Å²) in [5.41, 5.74) is 1.33. The van der Waals surface area contributed by atoms with Gasteiger partial charge in [-0.3, -0.25) is 0 Å². The van der Waals surface area contributed by atoms with E-state index in [-0.39, 0.29) is 11.5 Å². The standard InChI is InChI=1S/C18H15F2NO3S/c1-22-12-7-8-13-15(10-12)25-16(21-13)9-6-11-4-3-5-14(23-2)17(11)24-18(19)20/h3-10,18H,1-2H3/b9-6+. The molecule has 0 unspecified atom stereocenters. The molecule has 0 radical (unpaired) electrons. The van der Waals surface area contributed by atoms with Gasteiger partial charge in [0.1, 0.15) is 10.8 Å². The number of rotatable bonds is 6. The number of ether oxygens (including phenoxy) is 3. The van der Waals surface area contributed by atoms with Crippen LogP contribution in [0.15, 0.2) is 36.4 Å². The fourth-order valence-corrected chi connectivity index (χ4v) is 3.22. The van der Waals surface area contributed by atoms with Gasteiger partial charge >= 0.3 is 6.61 Å². The van der Waals surface area contributed by atoms with E-state index in [9.17, 15) is 8.78 Å². The second-order valence-corrected chi connectivity index (χ2v) is 6.04. The Kier molecular flexibility index (Phi) is 5.14. The molecular weight excluding hydrogens is 348 g/mol. The fraction of sp³-hybridized carbons (Fsp3) is 0.167. The lowest BCUT2D eigenvalue weighted by Gasteiger charge is -2.12. The number of para-hydroxylation sites is 1. The van der Waals surface area contributed by atoms with Gasteiger partial charge in [-0.15, -0.1) is 11.3 Å². The molecule has 0 saturated heterocycles. The Morgan fingerprint density at radius 2 is 1.92 bits per heavy atom. The summed E-state index contributed by atoms with van der Waals surface area (Å²) in [5.74, 6) is 1.00. The molecular formula is C18H15F2NO3S. The number of benzene rings is 2. The highest BCUT2D eigenvalue weighted by Gasteiger charge is 2.14. The monoisotopic (exact) mass is 363 g/mol. The lowest BCUT2D eigenvalue weighted by molar-refractivity contribution is -0.0513. The summed E-state index contributed by atoms with van der Waals surface area (Å²) in [5, 5.41) is 0.745. The summed E-state index contributed by atoms with van der Waals surface area (Å²) in [7, 11) is 3.01. The van der Waals surface area contributed by atoms with Gasteiger partial charge in [0.25, 0.3) is 0 Å². The van der Waals surface area contributed by atoms with Crippen LogP contribution in [0, 0.1) is 0 Å². The maximum Gasteiger partial charge on any atom is 0.387 e. The first-order valence-corrected chi connectivity index (χ1v) is 8.17. The van der Waals surface area contributed by atoms with Crippen LogP contribution in [-0.2, 0) is 0 Å². The summed E-state index contributed by atoms with van der Waals surface area (Å²) < 4.78 is 41.2. The van der Waals surface area contributed by atoms with Crippen LogP contribution in [-0.4, -0.2) is 25.8 Å². The van der Waals surface area contributed by atoms with Crippen LogP contribution in [0.2, 0.25) is 0 Å². The summed E-state index contributed by atoms with van der Waals surface area (Å²) in [6, 6.07) is 10.6. The highest BCUT2D eigenvalue weighted by atomic mass is 32.1. The Labute approximate surface area is 147 Å². The molecule has 0 amide bonds. The zero-order valence-electron chi connectivity index (χ0n) is 13.5. The van der Waals surface area contributed by atoms with Crippen LogP contribution in [0.4, 0.5) is 8.78 Å². The Hall–Kier alpha value is -2.67. The Bertz CT molecular complexity index is 908. The summed E-state index contributed by atoms with van der Waals surface area (Å²) in [4.78, 5) is 4.49. The third kappa shape index (κ3) is 3.88. The average molecular weight is 363 g/mol. The number of halogens is 2. The highest BCUT2D eigenvalue weighted by Crippen LogP contribution is 2.34. The second-order valence-electron chi connectivity index (χ2n) is 4.98. The molecule has 1 heterocycles. The molecule has 2 aromatic carbocycles. The predicted molar refractivity (Wildman–Crippen MR) is 94.7 cm³/mol. The van der Waals surface area contributed by atoms with Gasteiger partial charge in [0.15, 0.2) is 11.5 Å². The fourth-order valence-electron chi connectivity index (χ4n) is 2.32. The van der Waals surface area contributed by atoms with Crippen molar-refractivity contribution in [2.75, 3.05) is 14.2 Å². The van der Waals surface area contributed by atoms with E-state index in [0.29, 0.717) is 5.56 Å². The third-order valence-electron chi connectivity index (χ3n) is 3.45. The molecule has 0 N–H and O–H groups in total. The smallest absolute Gasteiger partial charge is 0.387 e. The molecule has 0 spiro atoms. The van der Waals surface area contributed by atoms with Crippen LogP contribution in [0.3, 0.4) is 0 Å². The van der Waals surface area contributed by atoms with Crippen LogP contribution >= 0.6 is 11.3 Å². The SMILES string of the molecule is COc1ccc2nc(/C=C/c3cccc(OC)c3OC(F)F)sc2c1. The summed E-state index contributed by atoms with van der Waals surface area (Å²) >= 11 is 1.48. The van der Waals surface area contributed by atoms with Crippen molar-refractivity contribution in [3.8, 4) is 17.2 Å². The van der Waals surface area contributed by atoms with Crippen LogP contribution < -0.4 is 14.2 Å². The number of fused-ring (bicyclic) bond motifs is 1. The van der Waals surface area contributed by atoms with Gasteiger partial charge in [0.05, 0.1) is 24.4 Å². The number of methoxy groups -OCH3 is 2. The van der Waals surface area contributed by atoms with Crippen molar-refractivity contribution in [1.82, 2.24) is 4.98 Å². The van der Waals surface area contributed by atoms with Gasteiger partial charge in [-0.05, 0) is 36.4 Å². The number of thiazole rings is 1. The Balaban J connectivity index is 1.93. The maximum atomic E-state index is 12.7. The molecule has 0 atom stereocenters. The zero-order valence-corrected chi connectivity index (χ0v) is 14.3. The van der Waals surface area contributed by atoms with Gasteiger partial charge in [-0.2, -0.15) is 8.78 Å². The first kappa shape index (κ1) is 17.2. The lowest BCUT2D eigenvalue weighted by Crippen LogP contribution is -2.04. The van der Waals surface area contributed by atoms with Gasteiger partial charge in [0, 0.05) is 5.56 Å². The first-order chi connectivity index (χ1) is 12.1. The quantitative estimate of drug-likeness (QED) is 0.612. The second kappa shape index (κ2) is 7.48. The van der Waals surface area contributed by atoms with E-state index in [4.69, 9.17) is 9.47 Å². The minimum atomic E-state index is -2.93. The summed E-state index contributed by atoms with van der Waals surface area (Å²) in [6.07, 6.45) is 3.43. The first-order valence-electron chi connectivity index (χ1n) is 7.35. The molecule has 0 aliphatic carbocycles. The molecule has 0 fully saturated rings. The van der Waals surface area contributed by atoms with E-state index in [1.165, 1.54) is 18.4 Å². The summed E-state index contributed by atoms with van der Waals surface area (Å²) in [6.45, 7) is -2.93. The van der Waals surface area contributed by atoms with E-state index >= 15 is 0 Å². The molecule has 4 nitrogen and oxygen atoms in total. The van der Waals surface area contributed by atoms with Crippen molar-refractivity contribution in [2.24, 2.45) is 0 Å². The van der Waals surface area contributed by atoms with Crippen molar-refractivity contribution >= 4 is 33.7 Å². The van der Waals surface area contributed by atoms with Gasteiger partial charge in [-0.1, -0.05) is 12.1 Å². The number of aromatic nitrogens is 1. The molecule has 0 saturated carbocycles. The van der Waals surface area contributed by atoms with Crippen LogP contribution in [0.1, 0.15) is 10.6 Å². The molecule has 0 aliphatic heterocycles.